The Kier molecular flexibility index (Phi) is 4.10. The lowest BCUT2D eigenvalue weighted by molar-refractivity contribution is 0.0614. The van der Waals surface area contributed by atoms with E-state index < -0.39 is 5.60 Å². The van der Waals surface area contributed by atoms with Gasteiger partial charge in [0.2, 0.25) is 0 Å². The van der Waals surface area contributed by atoms with E-state index in [2.05, 4.69) is 20.4 Å². The molecule has 4 rings (SSSR count). The van der Waals surface area contributed by atoms with Gasteiger partial charge in [0.25, 0.3) is 5.91 Å². The molecule has 0 spiro atoms. The zero-order chi connectivity index (χ0) is 19.0. The van der Waals surface area contributed by atoms with Crippen LogP contribution in [-0.2, 0) is 0 Å². The van der Waals surface area contributed by atoms with Crippen molar-refractivity contribution in [2.45, 2.75) is 31.9 Å². The van der Waals surface area contributed by atoms with Gasteiger partial charge in [-0.25, -0.2) is 19.0 Å². The number of carbonyl (C=O) groups excluding carboxylic acids is 1. The minimum Gasteiger partial charge on any atom is -0.487 e. The molecule has 0 saturated heterocycles. The number of nitrogens with one attached hydrogen (secondary N) is 1. The smallest absolute Gasteiger partial charge is 0.270 e. The van der Waals surface area contributed by atoms with E-state index in [9.17, 15) is 9.18 Å². The van der Waals surface area contributed by atoms with E-state index in [0.717, 1.165) is 5.56 Å². The molecule has 2 aromatic heterocycles. The van der Waals surface area contributed by atoms with Crippen LogP contribution in [0.4, 0.5) is 4.39 Å². The third-order valence-electron chi connectivity index (χ3n) is 4.36. The fraction of sp³-hybridized carbons (Fsp3) is 0.263. The van der Waals surface area contributed by atoms with Crippen LogP contribution in [-0.4, -0.2) is 31.3 Å². The van der Waals surface area contributed by atoms with Crippen molar-refractivity contribution in [1.82, 2.24) is 25.1 Å². The summed E-state index contributed by atoms with van der Waals surface area (Å²) in [5.41, 5.74) is 0.474. The normalized spacial score (nSPS) is 17.7. The van der Waals surface area contributed by atoms with Gasteiger partial charge in [-0.1, -0.05) is 12.1 Å². The van der Waals surface area contributed by atoms with Crippen molar-refractivity contribution in [3.63, 3.8) is 0 Å². The number of halogens is 1. The Labute approximate surface area is 155 Å². The van der Waals surface area contributed by atoms with E-state index in [0.29, 0.717) is 18.0 Å². The topological polar surface area (TPSA) is 81.9 Å². The number of hydrogen-bond donors (Lipinski definition) is 1. The Hall–Kier alpha value is -3.29. The molecular formula is C19H18FN5O2. The standard InChI is InChI=1S/C19H18FN5O2/c1-19(2)9-15(13-7-6-12(20)8-16(13)27-19)24-18(26)14-4-3-5-17(23-14)25-11-21-10-22-25/h3-8,10-11,15H,9H2,1-2H3,(H,24,26). The molecule has 1 atom stereocenters. The second kappa shape index (κ2) is 6.46. The molecule has 0 bridgehead atoms. The Morgan fingerprint density at radius 1 is 1.33 bits per heavy atom. The zero-order valence-corrected chi connectivity index (χ0v) is 14.9. The van der Waals surface area contributed by atoms with Crippen molar-refractivity contribution < 1.29 is 13.9 Å². The second-order valence-electron chi connectivity index (χ2n) is 7.00. The molecule has 1 aromatic carbocycles. The maximum absolute atomic E-state index is 13.6. The summed E-state index contributed by atoms with van der Waals surface area (Å²) in [6.07, 6.45) is 3.46. The molecule has 27 heavy (non-hydrogen) atoms. The largest absolute Gasteiger partial charge is 0.487 e. The lowest BCUT2D eigenvalue weighted by Gasteiger charge is -2.37. The number of nitrogens with zero attached hydrogens (tertiary/aromatic N) is 4. The molecule has 7 nitrogen and oxygen atoms in total. The van der Waals surface area contributed by atoms with Gasteiger partial charge in [0.15, 0.2) is 5.82 Å². The van der Waals surface area contributed by atoms with Crippen molar-refractivity contribution in [1.29, 1.82) is 0 Å². The molecule has 0 radical (unpaired) electrons. The van der Waals surface area contributed by atoms with Crippen molar-refractivity contribution in [3.05, 3.63) is 66.1 Å². The monoisotopic (exact) mass is 367 g/mol. The summed E-state index contributed by atoms with van der Waals surface area (Å²) in [5.74, 6) is 0.240. The van der Waals surface area contributed by atoms with Crippen molar-refractivity contribution in [2.75, 3.05) is 0 Å². The highest BCUT2D eigenvalue weighted by atomic mass is 19.1. The first-order valence-electron chi connectivity index (χ1n) is 8.53. The summed E-state index contributed by atoms with van der Waals surface area (Å²) in [7, 11) is 0. The van der Waals surface area contributed by atoms with E-state index in [4.69, 9.17) is 4.74 Å². The van der Waals surface area contributed by atoms with Crippen LogP contribution in [0.5, 0.6) is 5.75 Å². The van der Waals surface area contributed by atoms with Crippen molar-refractivity contribution >= 4 is 5.91 Å². The van der Waals surface area contributed by atoms with Crippen LogP contribution in [0.25, 0.3) is 5.82 Å². The van der Waals surface area contributed by atoms with Crippen LogP contribution < -0.4 is 10.1 Å². The van der Waals surface area contributed by atoms with E-state index in [-0.39, 0.29) is 23.5 Å². The van der Waals surface area contributed by atoms with Crippen molar-refractivity contribution in [3.8, 4) is 11.6 Å². The van der Waals surface area contributed by atoms with Gasteiger partial charge in [0.1, 0.15) is 35.5 Å². The summed E-state index contributed by atoms with van der Waals surface area (Å²) >= 11 is 0. The van der Waals surface area contributed by atoms with Crippen molar-refractivity contribution in [2.24, 2.45) is 0 Å². The van der Waals surface area contributed by atoms with Crippen LogP contribution in [0.1, 0.15) is 42.4 Å². The summed E-state index contributed by atoms with van der Waals surface area (Å²) in [4.78, 5) is 21.0. The molecule has 1 aliphatic heterocycles. The average Bonchev–Trinajstić information content (AvgIpc) is 3.15. The molecule has 1 unspecified atom stereocenters. The summed E-state index contributed by atoms with van der Waals surface area (Å²) in [5, 5.41) is 7.01. The number of ether oxygens (including phenoxy) is 1. The molecule has 138 valence electrons. The number of carbonyl (C=O) groups is 1. The second-order valence-corrected chi connectivity index (χ2v) is 7.00. The highest BCUT2D eigenvalue weighted by molar-refractivity contribution is 5.92. The van der Waals surface area contributed by atoms with Crippen LogP contribution in [0, 0.1) is 5.82 Å². The van der Waals surface area contributed by atoms with E-state index in [1.165, 1.54) is 29.5 Å². The molecule has 0 fully saturated rings. The number of pyridine rings is 1. The molecule has 3 aromatic rings. The summed E-state index contributed by atoms with van der Waals surface area (Å²) < 4.78 is 20.9. The number of fused-ring (bicyclic) bond motifs is 1. The van der Waals surface area contributed by atoms with Gasteiger partial charge in [0, 0.05) is 18.1 Å². The Morgan fingerprint density at radius 3 is 2.96 bits per heavy atom. The minimum absolute atomic E-state index is 0.260. The molecule has 8 heteroatoms. The quantitative estimate of drug-likeness (QED) is 0.770. The first kappa shape index (κ1) is 17.1. The molecule has 3 heterocycles. The highest BCUT2D eigenvalue weighted by Gasteiger charge is 2.35. The maximum Gasteiger partial charge on any atom is 0.270 e. The molecule has 0 aliphatic carbocycles. The highest BCUT2D eigenvalue weighted by Crippen LogP contribution is 2.39. The van der Waals surface area contributed by atoms with Crippen LogP contribution >= 0.6 is 0 Å². The fourth-order valence-corrected chi connectivity index (χ4v) is 3.19. The Bertz CT molecular complexity index is 988. The summed E-state index contributed by atoms with van der Waals surface area (Å²) in [6, 6.07) is 9.14. The molecule has 1 amide bonds. The lowest BCUT2D eigenvalue weighted by atomic mass is 9.89. The van der Waals surface area contributed by atoms with Gasteiger partial charge in [-0.3, -0.25) is 4.79 Å². The molecule has 0 saturated carbocycles. The van der Waals surface area contributed by atoms with E-state index >= 15 is 0 Å². The predicted octanol–water partition coefficient (Wildman–Crippen LogP) is 2.83. The van der Waals surface area contributed by atoms with Crippen LogP contribution in [0.2, 0.25) is 0 Å². The van der Waals surface area contributed by atoms with Crippen LogP contribution in [0.3, 0.4) is 0 Å². The number of amides is 1. The predicted molar refractivity (Wildman–Crippen MR) is 95.1 cm³/mol. The Balaban J connectivity index is 1.61. The number of rotatable bonds is 3. The summed E-state index contributed by atoms with van der Waals surface area (Å²) in [6.45, 7) is 3.81. The van der Waals surface area contributed by atoms with Gasteiger partial charge in [-0.2, -0.15) is 5.10 Å². The molecular weight excluding hydrogens is 349 g/mol. The van der Waals surface area contributed by atoms with Gasteiger partial charge >= 0.3 is 0 Å². The Morgan fingerprint density at radius 2 is 2.19 bits per heavy atom. The van der Waals surface area contributed by atoms with Gasteiger partial charge in [0.05, 0.1) is 6.04 Å². The van der Waals surface area contributed by atoms with Gasteiger partial charge in [-0.05, 0) is 32.0 Å². The molecule has 1 aliphatic rings. The third kappa shape index (κ3) is 3.51. The van der Waals surface area contributed by atoms with Gasteiger partial charge in [-0.15, -0.1) is 0 Å². The number of aromatic nitrogens is 4. The third-order valence-corrected chi connectivity index (χ3v) is 4.36. The average molecular weight is 367 g/mol. The number of hydrogen-bond acceptors (Lipinski definition) is 5. The maximum atomic E-state index is 13.6. The number of benzene rings is 1. The molecule has 1 N–H and O–H groups in total. The van der Waals surface area contributed by atoms with E-state index in [1.54, 1.807) is 24.3 Å². The fourth-order valence-electron chi connectivity index (χ4n) is 3.19. The first-order chi connectivity index (χ1) is 12.9. The first-order valence-corrected chi connectivity index (χ1v) is 8.53. The lowest BCUT2D eigenvalue weighted by Crippen LogP contribution is -2.41. The van der Waals surface area contributed by atoms with E-state index in [1.807, 2.05) is 13.8 Å². The van der Waals surface area contributed by atoms with Crippen LogP contribution in [0.15, 0.2) is 49.1 Å². The SMILES string of the molecule is CC1(C)CC(NC(=O)c2cccc(-n3cncn3)n2)c2ccc(F)cc2O1. The van der Waals surface area contributed by atoms with Gasteiger partial charge < -0.3 is 10.1 Å². The zero-order valence-electron chi connectivity index (χ0n) is 14.9. The minimum atomic E-state index is -0.533.